The van der Waals surface area contributed by atoms with E-state index in [1.165, 1.54) is 54.4 Å². The molecule has 14 aromatic rings. The van der Waals surface area contributed by atoms with E-state index in [0.29, 0.717) is 0 Å². The van der Waals surface area contributed by atoms with Crippen molar-refractivity contribution >= 4 is 83.3 Å². The van der Waals surface area contributed by atoms with Crippen LogP contribution in [-0.4, -0.2) is 20.6 Å². The van der Waals surface area contributed by atoms with Crippen molar-refractivity contribution in [2.45, 2.75) is 0 Å². The van der Waals surface area contributed by atoms with Crippen LogP contribution in [0.4, 0.5) is 0 Å². The number of ether oxygens (including phenoxy) is 1. The third-order valence-corrected chi connectivity index (χ3v) is 15.3. The van der Waals surface area contributed by atoms with Crippen LogP contribution < -0.4 is 20.3 Å². The maximum absolute atomic E-state index is 7.38. The SMILES string of the molecule is c1ccc(-n2c3ccccc3c3ccccc32)c(-c2ccc3c(c2)Oc2cc(-c4ccccc4-n4c5ccccc5c5ccccc54)cc4c2B3Oc2cc(-n3c5ccccc5c5ccccc53)ccc2-4)c1. The molecule has 11 aromatic carbocycles. The number of fused-ring (bicyclic) bond motifs is 13. The topological polar surface area (TPSA) is 33.2 Å². The molecule has 0 spiro atoms. The highest BCUT2D eigenvalue weighted by Gasteiger charge is 2.42. The van der Waals surface area contributed by atoms with E-state index in [0.717, 1.165) is 89.7 Å². The first-order valence-corrected chi connectivity index (χ1v) is 24.7. The summed E-state index contributed by atoms with van der Waals surface area (Å²) in [4.78, 5) is 0. The molecule has 2 aliphatic rings. The molecule has 5 nitrogen and oxygen atoms in total. The molecule has 334 valence electrons. The van der Waals surface area contributed by atoms with Gasteiger partial charge in [-0.1, -0.05) is 158 Å². The standard InChI is InChI=1S/C66H40BN3O2/c1-9-25-55(69-59-29-13-5-21-48(59)49-22-6-14-30-60(49)69)44(17-1)41-33-36-54-64(38-41)71-65-39-42(45-18-2-10-26-56(45)70-61-31-15-7-23-50(61)51-24-8-16-32-62(51)70)37-53-52-35-34-43(40-63(52)72-67(54)66(53)65)68-57-27-11-3-19-46(57)47-20-4-12-28-58(47)68/h1-40H. The Balaban J connectivity index is 0.908. The minimum absolute atomic E-state index is 0.414. The lowest BCUT2D eigenvalue weighted by molar-refractivity contribution is 0.480. The Morgan fingerprint density at radius 3 is 1.24 bits per heavy atom. The Morgan fingerprint density at radius 1 is 0.292 bits per heavy atom. The molecule has 0 fully saturated rings. The first-order chi connectivity index (χ1) is 35.7. The molecule has 0 unspecified atom stereocenters. The number of hydrogen-bond acceptors (Lipinski definition) is 2. The first kappa shape index (κ1) is 39.3. The first-order valence-electron chi connectivity index (χ1n) is 24.7. The summed E-state index contributed by atoms with van der Waals surface area (Å²) < 4.78 is 21.8. The molecule has 0 atom stereocenters. The van der Waals surface area contributed by atoms with Gasteiger partial charge in [-0.15, -0.1) is 0 Å². The van der Waals surface area contributed by atoms with Crippen LogP contribution in [-0.2, 0) is 0 Å². The molecule has 0 saturated carbocycles. The molecule has 0 bridgehead atoms. The van der Waals surface area contributed by atoms with E-state index in [9.17, 15) is 0 Å². The van der Waals surface area contributed by atoms with Gasteiger partial charge < -0.3 is 23.1 Å². The average molecular weight is 918 g/mol. The molecule has 6 heteroatoms. The van der Waals surface area contributed by atoms with Crippen molar-refractivity contribution in [2.75, 3.05) is 0 Å². The Morgan fingerprint density at radius 2 is 0.722 bits per heavy atom. The van der Waals surface area contributed by atoms with Crippen molar-refractivity contribution < 1.29 is 9.39 Å². The van der Waals surface area contributed by atoms with Crippen molar-refractivity contribution in [1.82, 2.24) is 13.7 Å². The largest absolute Gasteiger partial charge is 0.551 e. The minimum atomic E-state index is -0.414. The Kier molecular flexibility index (Phi) is 8.19. The molecule has 2 aliphatic heterocycles. The summed E-state index contributed by atoms with van der Waals surface area (Å²) >= 11 is 0. The molecular weight excluding hydrogens is 878 g/mol. The zero-order valence-electron chi connectivity index (χ0n) is 38.8. The summed E-state index contributed by atoms with van der Waals surface area (Å²) in [7, 11) is 0. The Labute approximate surface area is 414 Å². The van der Waals surface area contributed by atoms with E-state index in [2.05, 4.69) is 256 Å². The zero-order valence-corrected chi connectivity index (χ0v) is 38.8. The highest BCUT2D eigenvalue weighted by atomic mass is 16.5. The molecule has 0 aliphatic carbocycles. The third kappa shape index (κ3) is 5.54. The summed E-state index contributed by atoms with van der Waals surface area (Å²) in [5.74, 6) is 2.41. The smallest absolute Gasteiger partial charge is 0.434 e. The second-order valence-electron chi connectivity index (χ2n) is 19.1. The quantitative estimate of drug-likeness (QED) is 0.161. The average Bonchev–Trinajstić information content (AvgIpc) is 4.08. The summed E-state index contributed by atoms with van der Waals surface area (Å²) in [5, 5.41) is 7.37. The Hall–Kier alpha value is -9.52. The van der Waals surface area contributed by atoms with Gasteiger partial charge in [-0.2, -0.15) is 0 Å². The second kappa shape index (κ2) is 15.0. The van der Waals surface area contributed by atoms with Gasteiger partial charge >= 0.3 is 6.92 Å². The molecule has 3 aromatic heterocycles. The van der Waals surface area contributed by atoms with E-state index in [1.807, 2.05) is 0 Å². The number of nitrogens with zero attached hydrogens (tertiary/aromatic N) is 3. The molecule has 72 heavy (non-hydrogen) atoms. The van der Waals surface area contributed by atoms with E-state index >= 15 is 0 Å². The lowest BCUT2D eigenvalue weighted by Gasteiger charge is -2.34. The van der Waals surface area contributed by atoms with Crippen LogP contribution >= 0.6 is 0 Å². The van der Waals surface area contributed by atoms with Gasteiger partial charge in [-0.25, -0.2) is 0 Å². The lowest BCUT2D eigenvalue weighted by Crippen LogP contribution is -2.53. The van der Waals surface area contributed by atoms with Crippen LogP contribution in [0, 0.1) is 0 Å². The van der Waals surface area contributed by atoms with Crippen LogP contribution in [0.3, 0.4) is 0 Å². The predicted octanol–water partition coefficient (Wildman–Crippen LogP) is 15.6. The summed E-state index contributed by atoms with van der Waals surface area (Å²) in [5.41, 5.74) is 18.8. The normalized spacial score (nSPS) is 12.6. The molecule has 0 N–H and O–H groups in total. The van der Waals surface area contributed by atoms with Gasteiger partial charge in [-0.05, 0) is 95.6 Å². The van der Waals surface area contributed by atoms with Crippen LogP contribution in [0.1, 0.15) is 0 Å². The van der Waals surface area contributed by atoms with Crippen LogP contribution in [0.5, 0.6) is 17.2 Å². The second-order valence-corrected chi connectivity index (χ2v) is 19.1. The van der Waals surface area contributed by atoms with E-state index < -0.39 is 6.92 Å². The number of para-hydroxylation sites is 8. The van der Waals surface area contributed by atoms with Gasteiger partial charge in [0.2, 0.25) is 0 Å². The van der Waals surface area contributed by atoms with Crippen molar-refractivity contribution in [1.29, 1.82) is 0 Å². The van der Waals surface area contributed by atoms with Crippen molar-refractivity contribution in [3.8, 4) is 67.7 Å². The fraction of sp³-hybridized carbons (Fsp3) is 0. The van der Waals surface area contributed by atoms with Crippen LogP contribution in [0.25, 0.3) is 116 Å². The Bertz CT molecular complexity index is 4450. The van der Waals surface area contributed by atoms with Gasteiger partial charge in [0, 0.05) is 71.7 Å². The van der Waals surface area contributed by atoms with Crippen molar-refractivity contribution in [3.05, 3.63) is 243 Å². The molecule has 5 heterocycles. The molecule has 16 rings (SSSR count). The highest BCUT2D eigenvalue weighted by Crippen LogP contribution is 2.46. The van der Waals surface area contributed by atoms with Crippen LogP contribution in [0.2, 0.25) is 0 Å². The monoisotopic (exact) mass is 917 g/mol. The summed E-state index contributed by atoms with van der Waals surface area (Å²) in [6, 6.07) is 87.7. The third-order valence-electron chi connectivity index (χ3n) is 15.3. The number of aromatic nitrogens is 3. The highest BCUT2D eigenvalue weighted by molar-refractivity contribution is 6.84. The van der Waals surface area contributed by atoms with E-state index in [4.69, 9.17) is 9.39 Å². The number of benzene rings is 11. The molecule has 0 saturated heterocycles. The van der Waals surface area contributed by atoms with E-state index in [1.54, 1.807) is 0 Å². The van der Waals surface area contributed by atoms with Gasteiger partial charge in [0.25, 0.3) is 0 Å². The maximum Gasteiger partial charge on any atom is 0.434 e. The predicted molar refractivity (Wildman–Crippen MR) is 298 cm³/mol. The summed E-state index contributed by atoms with van der Waals surface area (Å²) in [6.07, 6.45) is 0. The van der Waals surface area contributed by atoms with Crippen molar-refractivity contribution in [2.24, 2.45) is 0 Å². The van der Waals surface area contributed by atoms with E-state index in [-0.39, 0.29) is 0 Å². The number of hydrogen-bond donors (Lipinski definition) is 0. The van der Waals surface area contributed by atoms with Gasteiger partial charge in [0.15, 0.2) is 0 Å². The van der Waals surface area contributed by atoms with Gasteiger partial charge in [0.05, 0.1) is 44.5 Å². The zero-order chi connectivity index (χ0) is 47.0. The summed E-state index contributed by atoms with van der Waals surface area (Å²) in [6.45, 7) is -0.414. The fourth-order valence-electron chi connectivity index (χ4n) is 12.3. The molecule has 0 amide bonds. The van der Waals surface area contributed by atoms with Gasteiger partial charge in [-0.3, -0.25) is 0 Å². The van der Waals surface area contributed by atoms with Crippen molar-refractivity contribution in [3.63, 3.8) is 0 Å². The lowest BCUT2D eigenvalue weighted by atomic mass is 9.50. The fourth-order valence-corrected chi connectivity index (χ4v) is 12.3. The molecular formula is C66H40BN3O2. The van der Waals surface area contributed by atoms with Gasteiger partial charge in [0.1, 0.15) is 17.2 Å². The number of rotatable bonds is 5. The molecule has 0 radical (unpaired) electrons. The van der Waals surface area contributed by atoms with Crippen LogP contribution in [0.15, 0.2) is 243 Å². The maximum atomic E-state index is 7.38. The minimum Gasteiger partial charge on any atom is -0.551 e.